The number of hydrogen-bond donors (Lipinski definition) is 0. The zero-order valence-electron chi connectivity index (χ0n) is 10.8. The Balaban J connectivity index is 2.25. The molecule has 6 nitrogen and oxygen atoms in total. The number of benzene rings is 1. The third-order valence-corrected chi connectivity index (χ3v) is 2.97. The van der Waals surface area contributed by atoms with Gasteiger partial charge in [-0.05, 0) is 16.7 Å². The van der Waals surface area contributed by atoms with Crippen molar-refractivity contribution in [2.45, 2.75) is 12.1 Å². The van der Waals surface area contributed by atoms with Crippen LogP contribution in [0.2, 0.25) is 0 Å². The molecular formula is C13H13FN4O2. The highest BCUT2D eigenvalue weighted by Crippen LogP contribution is 2.26. The standard InChI is InChI=1S/C13H13FN4O2/c1-19-13(12(6-14)17-18-15)10-4-2-9(3-5-10)11-7-16-20-8-11/h2-5,7-8,12-13H,6H2,1H3/t12-,13-/m1/s1. The summed E-state index contributed by atoms with van der Waals surface area (Å²) in [5, 5.41) is 7.05. The van der Waals surface area contributed by atoms with Crippen LogP contribution in [0, 0.1) is 0 Å². The second-order valence-corrected chi connectivity index (χ2v) is 4.12. The van der Waals surface area contributed by atoms with Crippen LogP contribution in [-0.2, 0) is 4.74 Å². The van der Waals surface area contributed by atoms with E-state index in [0.717, 1.165) is 16.7 Å². The molecular weight excluding hydrogens is 263 g/mol. The highest BCUT2D eigenvalue weighted by molar-refractivity contribution is 5.61. The van der Waals surface area contributed by atoms with E-state index in [9.17, 15) is 4.39 Å². The van der Waals surface area contributed by atoms with E-state index < -0.39 is 18.8 Å². The third kappa shape index (κ3) is 2.96. The monoisotopic (exact) mass is 276 g/mol. The van der Waals surface area contributed by atoms with Gasteiger partial charge in [0.1, 0.15) is 12.9 Å². The van der Waals surface area contributed by atoms with Crippen LogP contribution in [0.5, 0.6) is 0 Å². The van der Waals surface area contributed by atoms with Crippen molar-refractivity contribution < 1.29 is 13.7 Å². The second-order valence-electron chi connectivity index (χ2n) is 4.12. The molecule has 1 aromatic heterocycles. The SMILES string of the molecule is CO[C@H](c1ccc(-c2cnoc2)cc1)[C@@H](CF)N=[N+]=[N-]. The quantitative estimate of drug-likeness (QED) is 0.458. The average molecular weight is 276 g/mol. The normalized spacial score (nSPS) is 13.5. The minimum absolute atomic E-state index is 0.618. The summed E-state index contributed by atoms with van der Waals surface area (Å²) in [5.41, 5.74) is 11.0. The second kappa shape index (κ2) is 6.70. The van der Waals surface area contributed by atoms with Gasteiger partial charge in [0.25, 0.3) is 0 Å². The van der Waals surface area contributed by atoms with Crippen molar-refractivity contribution in [3.05, 3.63) is 52.7 Å². The molecule has 0 spiro atoms. The van der Waals surface area contributed by atoms with Crippen LogP contribution in [0.25, 0.3) is 21.6 Å². The lowest BCUT2D eigenvalue weighted by Crippen LogP contribution is -2.20. The van der Waals surface area contributed by atoms with Gasteiger partial charge < -0.3 is 9.26 Å². The number of hydrogen-bond acceptors (Lipinski definition) is 4. The number of rotatable bonds is 6. The predicted octanol–water partition coefficient (Wildman–Crippen LogP) is 3.68. The molecule has 2 rings (SSSR count). The van der Waals surface area contributed by atoms with E-state index in [1.165, 1.54) is 13.4 Å². The lowest BCUT2D eigenvalue weighted by Gasteiger charge is -2.20. The summed E-state index contributed by atoms with van der Waals surface area (Å²) in [6.07, 6.45) is 2.52. The molecule has 1 aromatic carbocycles. The topological polar surface area (TPSA) is 84.0 Å². The van der Waals surface area contributed by atoms with E-state index in [2.05, 4.69) is 15.2 Å². The van der Waals surface area contributed by atoms with Crippen LogP contribution in [0.15, 0.2) is 46.4 Å². The molecule has 0 amide bonds. The molecule has 2 atom stereocenters. The van der Waals surface area contributed by atoms with Crippen LogP contribution in [0.4, 0.5) is 4.39 Å². The average Bonchev–Trinajstić information content (AvgIpc) is 3.02. The summed E-state index contributed by atoms with van der Waals surface area (Å²) < 4.78 is 22.9. The van der Waals surface area contributed by atoms with Crippen molar-refractivity contribution in [1.82, 2.24) is 5.16 Å². The van der Waals surface area contributed by atoms with Gasteiger partial charge in [0.15, 0.2) is 0 Å². The zero-order chi connectivity index (χ0) is 14.4. The summed E-state index contributed by atoms with van der Waals surface area (Å²) in [6, 6.07) is 6.41. The molecule has 0 aliphatic rings. The Bertz CT molecular complexity index is 579. The summed E-state index contributed by atoms with van der Waals surface area (Å²) in [4.78, 5) is 2.64. The minimum atomic E-state index is -0.883. The van der Waals surface area contributed by atoms with E-state index in [1.54, 1.807) is 18.3 Å². The Morgan fingerprint density at radius 3 is 2.65 bits per heavy atom. The highest BCUT2D eigenvalue weighted by atomic mass is 19.1. The maximum atomic E-state index is 12.9. The van der Waals surface area contributed by atoms with Gasteiger partial charge in [-0.1, -0.05) is 34.5 Å². The van der Waals surface area contributed by atoms with E-state index in [-0.39, 0.29) is 0 Å². The van der Waals surface area contributed by atoms with Gasteiger partial charge in [-0.3, -0.25) is 4.39 Å². The lowest BCUT2D eigenvalue weighted by molar-refractivity contribution is 0.0722. The molecule has 7 heteroatoms. The fourth-order valence-electron chi connectivity index (χ4n) is 1.97. The molecule has 2 aromatic rings. The van der Waals surface area contributed by atoms with Crippen molar-refractivity contribution in [2.75, 3.05) is 13.8 Å². The molecule has 0 unspecified atom stereocenters. The van der Waals surface area contributed by atoms with Gasteiger partial charge >= 0.3 is 0 Å². The van der Waals surface area contributed by atoms with Gasteiger partial charge in [-0.15, -0.1) is 0 Å². The fraction of sp³-hybridized carbons (Fsp3) is 0.308. The van der Waals surface area contributed by atoms with Crippen molar-refractivity contribution in [3.63, 3.8) is 0 Å². The van der Waals surface area contributed by atoms with Crippen molar-refractivity contribution in [2.24, 2.45) is 5.11 Å². The van der Waals surface area contributed by atoms with Gasteiger partial charge in [-0.2, -0.15) is 0 Å². The van der Waals surface area contributed by atoms with Crippen molar-refractivity contribution >= 4 is 0 Å². The first-order valence-corrected chi connectivity index (χ1v) is 5.92. The van der Waals surface area contributed by atoms with Gasteiger partial charge in [-0.25, -0.2) is 0 Å². The molecule has 0 fully saturated rings. The summed E-state index contributed by atoms with van der Waals surface area (Å²) in [7, 11) is 1.45. The zero-order valence-corrected chi connectivity index (χ0v) is 10.8. The maximum Gasteiger partial charge on any atom is 0.131 e. The first-order chi connectivity index (χ1) is 9.80. The van der Waals surface area contributed by atoms with E-state index >= 15 is 0 Å². The number of alkyl halides is 1. The smallest absolute Gasteiger partial charge is 0.131 e. The maximum absolute atomic E-state index is 12.9. The predicted molar refractivity (Wildman–Crippen MR) is 70.6 cm³/mol. The Morgan fingerprint density at radius 2 is 2.15 bits per heavy atom. The van der Waals surface area contributed by atoms with Crippen molar-refractivity contribution in [1.29, 1.82) is 0 Å². The number of nitrogens with zero attached hydrogens (tertiary/aromatic N) is 4. The van der Waals surface area contributed by atoms with E-state index in [1.807, 2.05) is 12.1 Å². The first-order valence-electron chi connectivity index (χ1n) is 5.92. The van der Waals surface area contributed by atoms with E-state index in [4.69, 9.17) is 14.8 Å². The third-order valence-electron chi connectivity index (χ3n) is 2.97. The largest absolute Gasteiger partial charge is 0.376 e. The Hall–Kier alpha value is -2.37. The summed E-state index contributed by atoms with van der Waals surface area (Å²) in [6.45, 7) is -0.782. The minimum Gasteiger partial charge on any atom is -0.376 e. The number of methoxy groups -OCH3 is 1. The summed E-state index contributed by atoms with van der Waals surface area (Å²) in [5.74, 6) is 0. The molecule has 104 valence electrons. The molecule has 1 heterocycles. The van der Waals surface area contributed by atoms with Crippen LogP contribution < -0.4 is 0 Å². The number of azide groups is 1. The Labute approximate surface area is 114 Å². The van der Waals surface area contributed by atoms with Crippen LogP contribution in [-0.4, -0.2) is 25.0 Å². The lowest BCUT2D eigenvalue weighted by atomic mass is 10.0. The van der Waals surface area contributed by atoms with Gasteiger partial charge in [0.05, 0.1) is 18.3 Å². The summed E-state index contributed by atoms with van der Waals surface area (Å²) >= 11 is 0. The van der Waals surface area contributed by atoms with Crippen LogP contribution in [0.3, 0.4) is 0 Å². The van der Waals surface area contributed by atoms with Crippen LogP contribution in [0.1, 0.15) is 11.7 Å². The number of ether oxygens (including phenoxy) is 1. The molecule has 0 N–H and O–H groups in total. The van der Waals surface area contributed by atoms with Gasteiger partial charge in [0.2, 0.25) is 0 Å². The molecule has 0 aliphatic carbocycles. The molecule has 0 bridgehead atoms. The first kappa shape index (κ1) is 14.0. The van der Waals surface area contributed by atoms with Gasteiger partial charge in [0, 0.05) is 17.6 Å². The molecule has 0 radical (unpaired) electrons. The van der Waals surface area contributed by atoms with Crippen LogP contribution >= 0.6 is 0 Å². The Morgan fingerprint density at radius 1 is 1.40 bits per heavy atom. The van der Waals surface area contributed by atoms with E-state index in [0.29, 0.717) is 0 Å². The fourth-order valence-corrected chi connectivity index (χ4v) is 1.97. The molecule has 0 saturated carbocycles. The number of aromatic nitrogens is 1. The highest BCUT2D eigenvalue weighted by Gasteiger charge is 2.22. The molecule has 0 saturated heterocycles. The Kier molecular flexibility index (Phi) is 4.70. The molecule has 0 aliphatic heterocycles. The van der Waals surface area contributed by atoms with Crippen molar-refractivity contribution in [3.8, 4) is 11.1 Å². The number of halogens is 1. The molecule has 20 heavy (non-hydrogen) atoms.